The Balaban J connectivity index is 3.43. The molecule has 1 aromatic rings. The number of anilines is 1. The number of hydrogen-bond donors (Lipinski definition) is 0. The van der Waals surface area contributed by atoms with Crippen molar-refractivity contribution in [1.82, 2.24) is 0 Å². The molecular formula is C10H9ClN2O4. The van der Waals surface area contributed by atoms with E-state index in [0.717, 1.165) is 24.8 Å². The van der Waals surface area contributed by atoms with Gasteiger partial charge in [-0.05, 0) is 12.1 Å². The molecule has 0 radical (unpaired) electrons. The highest BCUT2D eigenvalue weighted by molar-refractivity contribution is 6.31. The zero-order chi connectivity index (χ0) is 13.2. The predicted octanol–water partition coefficient (Wildman–Crippen LogP) is 2.15. The summed E-state index contributed by atoms with van der Waals surface area (Å²) in [4.78, 5) is 33.4. The Bertz CT molecular complexity index is 487. The second-order valence-corrected chi connectivity index (χ2v) is 3.70. The number of nitro benzene ring substituents is 1. The molecule has 0 atom stereocenters. The van der Waals surface area contributed by atoms with Crippen LogP contribution in [0.3, 0.4) is 0 Å². The maximum absolute atomic E-state index is 11.3. The first-order chi connectivity index (χ1) is 7.84. The molecule has 6 nitrogen and oxygen atoms in total. The van der Waals surface area contributed by atoms with E-state index in [-0.39, 0.29) is 16.4 Å². The van der Waals surface area contributed by atoms with Crippen LogP contribution in [0.15, 0.2) is 18.2 Å². The molecule has 90 valence electrons. The molecule has 17 heavy (non-hydrogen) atoms. The number of nitro groups is 1. The predicted molar refractivity (Wildman–Crippen MR) is 61.9 cm³/mol. The summed E-state index contributed by atoms with van der Waals surface area (Å²) in [6.07, 6.45) is 0. The van der Waals surface area contributed by atoms with Gasteiger partial charge in [0.15, 0.2) is 0 Å². The van der Waals surface area contributed by atoms with E-state index in [4.69, 9.17) is 11.6 Å². The first kappa shape index (κ1) is 13.1. The van der Waals surface area contributed by atoms with Crippen LogP contribution >= 0.6 is 11.6 Å². The van der Waals surface area contributed by atoms with Gasteiger partial charge in [-0.3, -0.25) is 19.7 Å². The number of amides is 2. The zero-order valence-corrected chi connectivity index (χ0v) is 9.89. The highest BCUT2D eigenvalue weighted by Gasteiger charge is 2.25. The van der Waals surface area contributed by atoms with Gasteiger partial charge in [-0.25, -0.2) is 4.90 Å². The lowest BCUT2D eigenvalue weighted by molar-refractivity contribution is -0.384. The molecule has 7 heteroatoms. The average molecular weight is 257 g/mol. The lowest BCUT2D eigenvalue weighted by Gasteiger charge is -2.16. The smallest absolute Gasteiger partial charge is 0.274 e. The zero-order valence-electron chi connectivity index (χ0n) is 9.14. The Morgan fingerprint density at radius 2 is 1.82 bits per heavy atom. The molecule has 0 aliphatic carbocycles. The van der Waals surface area contributed by atoms with Crippen LogP contribution in [0.1, 0.15) is 13.8 Å². The van der Waals surface area contributed by atoms with Gasteiger partial charge in [0.2, 0.25) is 11.8 Å². The van der Waals surface area contributed by atoms with Crippen molar-refractivity contribution in [3.8, 4) is 0 Å². The largest absolute Gasteiger partial charge is 0.294 e. The van der Waals surface area contributed by atoms with Crippen molar-refractivity contribution in [2.45, 2.75) is 13.8 Å². The van der Waals surface area contributed by atoms with Crippen LogP contribution in [0.5, 0.6) is 0 Å². The summed E-state index contributed by atoms with van der Waals surface area (Å²) in [6, 6.07) is 3.74. The Kier molecular flexibility index (Phi) is 3.80. The van der Waals surface area contributed by atoms with Crippen LogP contribution < -0.4 is 4.90 Å². The van der Waals surface area contributed by atoms with E-state index >= 15 is 0 Å². The van der Waals surface area contributed by atoms with Crippen LogP contribution in [0.4, 0.5) is 11.4 Å². The minimum Gasteiger partial charge on any atom is -0.274 e. The highest BCUT2D eigenvalue weighted by atomic mass is 35.5. The number of benzene rings is 1. The SMILES string of the molecule is CC(=O)N(C(C)=O)c1ccc(Cl)cc1[N+](=O)[O-]. The molecule has 0 saturated heterocycles. The quantitative estimate of drug-likeness (QED) is 0.600. The van der Waals surface area contributed by atoms with Crippen LogP contribution in [-0.2, 0) is 9.59 Å². The summed E-state index contributed by atoms with van der Waals surface area (Å²) in [6.45, 7) is 2.31. The van der Waals surface area contributed by atoms with Crippen LogP contribution in [-0.4, -0.2) is 16.7 Å². The maximum atomic E-state index is 11.3. The molecule has 0 bridgehead atoms. The Labute approximate surface area is 102 Å². The summed E-state index contributed by atoms with van der Waals surface area (Å²) in [5.74, 6) is -1.19. The second-order valence-electron chi connectivity index (χ2n) is 3.26. The van der Waals surface area contributed by atoms with Gasteiger partial charge in [-0.1, -0.05) is 11.6 Å². The summed E-state index contributed by atoms with van der Waals surface area (Å²) >= 11 is 5.63. The summed E-state index contributed by atoms with van der Waals surface area (Å²) in [5, 5.41) is 11.0. The van der Waals surface area contributed by atoms with E-state index < -0.39 is 16.7 Å². The van der Waals surface area contributed by atoms with E-state index in [2.05, 4.69) is 0 Å². The van der Waals surface area contributed by atoms with Crippen molar-refractivity contribution in [3.05, 3.63) is 33.3 Å². The van der Waals surface area contributed by atoms with Gasteiger partial charge in [0, 0.05) is 24.9 Å². The number of hydrogen-bond acceptors (Lipinski definition) is 4. The summed E-state index contributed by atoms with van der Waals surface area (Å²) in [7, 11) is 0. The van der Waals surface area contributed by atoms with E-state index in [1.165, 1.54) is 12.1 Å². The number of halogens is 1. The Morgan fingerprint density at radius 1 is 1.29 bits per heavy atom. The van der Waals surface area contributed by atoms with Crippen LogP contribution in [0.2, 0.25) is 5.02 Å². The minimum atomic E-state index is -0.694. The molecule has 0 N–H and O–H groups in total. The normalized spacial score (nSPS) is 9.82. The van der Waals surface area contributed by atoms with Crippen molar-refractivity contribution in [2.24, 2.45) is 0 Å². The molecule has 0 unspecified atom stereocenters. The van der Waals surface area contributed by atoms with E-state index in [0.29, 0.717) is 0 Å². The molecule has 1 aromatic carbocycles. The average Bonchev–Trinajstić information content (AvgIpc) is 2.19. The van der Waals surface area contributed by atoms with Gasteiger partial charge >= 0.3 is 0 Å². The standard InChI is InChI=1S/C10H9ClN2O4/c1-6(14)12(7(2)15)9-4-3-8(11)5-10(9)13(16)17/h3-5H,1-2H3. The fourth-order valence-electron chi connectivity index (χ4n) is 1.39. The van der Waals surface area contributed by atoms with Crippen LogP contribution in [0.25, 0.3) is 0 Å². The Hall–Kier alpha value is -1.95. The van der Waals surface area contributed by atoms with Crippen molar-refractivity contribution >= 4 is 34.8 Å². The summed E-state index contributed by atoms with van der Waals surface area (Å²) < 4.78 is 0. The number of imide groups is 1. The van der Waals surface area contributed by atoms with Gasteiger partial charge in [-0.2, -0.15) is 0 Å². The first-order valence-corrected chi connectivity index (χ1v) is 4.97. The van der Waals surface area contributed by atoms with Gasteiger partial charge in [0.1, 0.15) is 5.69 Å². The second kappa shape index (κ2) is 4.92. The molecule has 0 spiro atoms. The monoisotopic (exact) mass is 256 g/mol. The topological polar surface area (TPSA) is 80.5 Å². The molecule has 0 fully saturated rings. The minimum absolute atomic E-state index is 0.0839. The third-order valence-corrected chi connectivity index (χ3v) is 2.24. The molecular weight excluding hydrogens is 248 g/mol. The lowest BCUT2D eigenvalue weighted by atomic mass is 10.2. The van der Waals surface area contributed by atoms with Gasteiger partial charge in [-0.15, -0.1) is 0 Å². The third-order valence-electron chi connectivity index (χ3n) is 2.00. The summed E-state index contributed by atoms with van der Waals surface area (Å²) in [5.41, 5.74) is -0.470. The lowest BCUT2D eigenvalue weighted by Crippen LogP contribution is -2.33. The molecule has 0 aliphatic heterocycles. The first-order valence-electron chi connectivity index (χ1n) is 4.59. The Morgan fingerprint density at radius 3 is 2.24 bits per heavy atom. The molecule has 0 heterocycles. The van der Waals surface area contributed by atoms with Crippen molar-refractivity contribution in [1.29, 1.82) is 0 Å². The van der Waals surface area contributed by atoms with Crippen molar-refractivity contribution < 1.29 is 14.5 Å². The molecule has 0 saturated carbocycles. The van der Waals surface area contributed by atoms with Gasteiger partial charge in [0.05, 0.1) is 4.92 Å². The molecule has 0 aromatic heterocycles. The number of carbonyl (C=O) groups is 2. The van der Waals surface area contributed by atoms with E-state index in [1.54, 1.807) is 0 Å². The fourth-order valence-corrected chi connectivity index (χ4v) is 1.56. The fraction of sp³-hybridized carbons (Fsp3) is 0.200. The maximum Gasteiger partial charge on any atom is 0.294 e. The number of rotatable bonds is 2. The van der Waals surface area contributed by atoms with Crippen molar-refractivity contribution in [3.63, 3.8) is 0 Å². The third kappa shape index (κ3) is 2.79. The molecule has 0 aliphatic rings. The molecule has 1 rings (SSSR count). The van der Waals surface area contributed by atoms with Gasteiger partial charge in [0.25, 0.3) is 5.69 Å². The van der Waals surface area contributed by atoms with Gasteiger partial charge < -0.3 is 0 Å². The van der Waals surface area contributed by atoms with Crippen LogP contribution in [0, 0.1) is 10.1 Å². The number of nitrogens with zero attached hydrogens (tertiary/aromatic N) is 2. The van der Waals surface area contributed by atoms with E-state index in [9.17, 15) is 19.7 Å². The van der Waals surface area contributed by atoms with Crippen molar-refractivity contribution in [2.75, 3.05) is 4.90 Å². The van der Waals surface area contributed by atoms with E-state index in [1.807, 2.05) is 0 Å². The number of carbonyl (C=O) groups excluding carboxylic acids is 2. The highest BCUT2D eigenvalue weighted by Crippen LogP contribution is 2.31. The molecule has 2 amide bonds.